The predicted octanol–water partition coefficient (Wildman–Crippen LogP) is 3.68. The second kappa shape index (κ2) is 5.59. The Bertz CT molecular complexity index is 506. The van der Waals surface area contributed by atoms with Crippen LogP contribution in [0.2, 0.25) is 0 Å². The summed E-state index contributed by atoms with van der Waals surface area (Å²) in [7, 11) is 0. The molecule has 17 heavy (non-hydrogen) atoms. The molecule has 2 rings (SSSR count). The lowest BCUT2D eigenvalue weighted by Gasteiger charge is -2.02. The number of hydrogen-bond donors (Lipinski definition) is 1. The second-order valence-electron chi connectivity index (χ2n) is 3.53. The van der Waals surface area contributed by atoms with Gasteiger partial charge in [-0.2, -0.15) is 5.10 Å². The lowest BCUT2D eigenvalue weighted by Crippen LogP contribution is -2.00. The van der Waals surface area contributed by atoms with Crippen LogP contribution in [0.15, 0.2) is 58.2 Å². The van der Waals surface area contributed by atoms with Gasteiger partial charge in [-0.15, -0.1) is 0 Å². The van der Waals surface area contributed by atoms with Crippen molar-refractivity contribution in [3.8, 4) is 0 Å². The van der Waals surface area contributed by atoms with Crippen LogP contribution in [0.4, 0.5) is 5.82 Å². The summed E-state index contributed by atoms with van der Waals surface area (Å²) < 4.78 is 1.06. The summed E-state index contributed by atoms with van der Waals surface area (Å²) >= 11 is 3.40. The van der Waals surface area contributed by atoms with E-state index in [1.54, 1.807) is 6.20 Å². The summed E-state index contributed by atoms with van der Waals surface area (Å²) in [6.45, 7) is 1.96. The normalized spacial score (nSPS) is 11.3. The number of halogens is 1. The molecule has 0 bridgehead atoms. The van der Waals surface area contributed by atoms with Gasteiger partial charge in [-0.1, -0.05) is 34.1 Å². The Morgan fingerprint density at radius 1 is 1.18 bits per heavy atom. The first-order valence-electron chi connectivity index (χ1n) is 5.23. The van der Waals surface area contributed by atoms with Gasteiger partial charge in [-0.3, -0.25) is 5.43 Å². The van der Waals surface area contributed by atoms with Crippen LogP contribution in [-0.2, 0) is 0 Å². The third kappa shape index (κ3) is 3.39. The quantitative estimate of drug-likeness (QED) is 0.691. The topological polar surface area (TPSA) is 37.3 Å². The van der Waals surface area contributed by atoms with Crippen LogP contribution in [0.3, 0.4) is 0 Å². The Morgan fingerprint density at radius 2 is 1.94 bits per heavy atom. The lowest BCUT2D eigenvalue weighted by molar-refractivity contribution is 1.22. The van der Waals surface area contributed by atoms with E-state index in [4.69, 9.17) is 0 Å². The maximum absolute atomic E-state index is 4.28. The van der Waals surface area contributed by atoms with E-state index in [-0.39, 0.29) is 0 Å². The fourth-order valence-electron chi connectivity index (χ4n) is 1.33. The first-order valence-corrected chi connectivity index (χ1v) is 6.02. The number of hydrogen-bond acceptors (Lipinski definition) is 3. The average molecular weight is 290 g/mol. The summed E-state index contributed by atoms with van der Waals surface area (Å²) in [5, 5.41) is 4.28. The molecule has 0 aliphatic carbocycles. The molecule has 4 heteroatoms. The van der Waals surface area contributed by atoms with Crippen LogP contribution < -0.4 is 5.43 Å². The molecule has 0 aliphatic rings. The molecule has 0 fully saturated rings. The minimum Gasteiger partial charge on any atom is -0.261 e. The number of nitrogens with one attached hydrogen (secondary N) is 1. The third-order valence-electron chi connectivity index (χ3n) is 2.27. The monoisotopic (exact) mass is 289 g/mol. The Balaban J connectivity index is 2.10. The number of anilines is 1. The van der Waals surface area contributed by atoms with E-state index in [2.05, 4.69) is 31.4 Å². The van der Waals surface area contributed by atoms with Crippen molar-refractivity contribution in [2.75, 3.05) is 5.43 Å². The molecule has 1 N–H and O–H groups in total. The largest absolute Gasteiger partial charge is 0.261 e. The minimum absolute atomic E-state index is 0.740. The maximum Gasteiger partial charge on any atom is 0.146 e. The van der Waals surface area contributed by atoms with Crippen molar-refractivity contribution in [2.24, 2.45) is 5.10 Å². The molecule has 1 heterocycles. The molecule has 0 saturated carbocycles. The van der Waals surface area contributed by atoms with E-state index < -0.39 is 0 Å². The maximum atomic E-state index is 4.28. The van der Waals surface area contributed by atoms with E-state index in [9.17, 15) is 0 Å². The summed E-state index contributed by atoms with van der Waals surface area (Å²) in [4.78, 5) is 4.13. The number of benzene rings is 1. The van der Waals surface area contributed by atoms with Crippen molar-refractivity contribution in [3.63, 3.8) is 0 Å². The molecule has 0 amide bonds. The van der Waals surface area contributed by atoms with Gasteiger partial charge in [0, 0.05) is 10.7 Å². The van der Waals surface area contributed by atoms with Gasteiger partial charge in [0.2, 0.25) is 0 Å². The number of hydrazone groups is 1. The number of nitrogens with zero attached hydrogens (tertiary/aromatic N) is 2. The first-order chi connectivity index (χ1) is 8.25. The SMILES string of the molecule is C/C(=N\Nc1ccccn1)c1ccc(Br)cc1. The van der Waals surface area contributed by atoms with Crippen molar-refractivity contribution in [1.29, 1.82) is 0 Å². The van der Waals surface area contributed by atoms with Crippen LogP contribution in [-0.4, -0.2) is 10.7 Å². The Labute approximate surface area is 109 Å². The fraction of sp³-hybridized carbons (Fsp3) is 0.0769. The van der Waals surface area contributed by atoms with Gasteiger partial charge in [0.05, 0.1) is 5.71 Å². The Hall–Kier alpha value is -1.68. The molecule has 1 aromatic heterocycles. The van der Waals surface area contributed by atoms with Gasteiger partial charge in [-0.05, 0) is 36.8 Å². The van der Waals surface area contributed by atoms with Crippen LogP contribution in [0.5, 0.6) is 0 Å². The van der Waals surface area contributed by atoms with Crippen molar-refractivity contribution >= 4 is 27.5 Å². The number of aromatic nitrogens is 1. The zero-order valence-electron chi connectivity index (χ0n) is 9.39. The van der Waals surface area contributed by atoms with Gasteiger partial charge in [0.1, 0.15) is 5.82 Å². The Kier molecular flexibility index (Phi) is 3.88. The fourth-order valence-corrected chi connectivity index (χ4v) is 1.59. The van der Waals surface area contributed by atoms with E-state index in [1.807, 2.05) is 49.4 Å². The van der Waals surface area contributed by atoms with Gasteiger partial charge >= 0.3 is 0 Å². The van der Waals surface area contributed by atoms with Crippen molar-refractivity contribution in [1.82, 2.24) is 4.98 Å². The first kappa shape index (κ1) is 11.8. The molecule has 1 aromatic carbocycles. The zero-order chi connectivity index (χ0) is 12.1. The van der Waals surface area contributed by atoms with Crippen LogP contribution in [0, 0.1) is 0 Å². The smallest absolute Gasteiger partial charge is 0.146 e. The van der Waals surface area contributed by atoms with E-state index in [0.717, 1.165) is 21.6 Å². The van der Waals surface area contributed by atoms with Crippen molar-refractivity contribution in [3.05, 3.63) is 58.7 Å². The highest BCUT2D eigenvalue weighted by Crippen LogP contribution is 2.11. The van der Waals surface area contributed by atoms with Gasteiger partial charge < -0.3 is 0 Å². The molecule has 0 radical (unpaired) electrons. The molecule has 0 aliphatic heterocycles. The third-order valence-corrected chi connectivity index (χ3v) is 2.79. The van der Waals surface area contributed by atoms with Gasteiger partial charge in [0.15, 0.2) is 0 Å². The number of rotatable bonds is 3. The van der Waals surface area contributed by atoms with E-state index in [1.165, 1.54) is 0 Å². The number of pyridine rings is 1. The van der Waals surface area contributed by atoms with E-state index in [0.29, 0.717) is 0 Å². The molecule has 0 saturated heterocycles. The molecule has 0 spiro atoms. The highest BCUT2D eigenvalue weighted by atomic mass is 79.9. The van der Waals surface area contributed by atoms with Gasteiger partial charge in [0.25, 0.3) is 0 Å². The molecular weight excluding hydrogens is 278 g/mol. The highest BCUT2D eigenvalue weighted by Gasteiger charge is 1.97. The summed E-state index contributed by atoms with van der Waals surface area (Å²) in [6.07, 6.45) is 1.73. The molecule has 86 valence electrons. The molecule has 0 unspecified atom stereocenters. The molecule has 2 aromatic rings. The van der Waals surface area contributed by atoms with Gasteiger partial charge in [-0.25, -0.2) is 4.98 Å². The Morgan fingerprint density at radius 3 is 2.59 bits per heavy atom. The molecule has 0 atom stereocenters. The molecule has 3 nitrogen and oxygen atoms in total. The van der Waals surface area contributed by atoms with Crippen LogP contribution in [0.25, 0.3) is 0 Å². The molecular formula is C13H12BrN3. The summed E-state index contributed by atoms with van der Waals surface area (Å²) in [6, 6.07) is 13.7. The van der Waals surface area contributed by atoms with Crippen LogP contribution in [0.1, 0.15) is 12.5 Å². The lowest BCUT2D eigenvalue weighted by atomic mass is 10.1. The zero-order valence-corrected chi connectivity index (χ0v) is 11.0. The summed E-state index contributed by atoms with van der Waals surface area (Å²) in [5.41, 5.74) is 4.92. The standard InChI is InChI=1S/C13H12BrN3/c1-10(11-5-7-12(14)8-6-11)16-17-13-4-2-3-9-15-13/h2-9H,1H3,(H,15,17)/b16-10+. The van der Waals surface area contributed by atoms with E-state index >= 15 is 0 Å². The van der Waals surface area contributed by atoms with Crippen LogP contribution >= 0.6 is 15.9 Å². The predicted molar refractivity (Wildman–Crippen MR) is 74.2 cm³/mol. The van der Waals surface area contributed by atoms with Crippen molar-refractivity contribution in [2.45, 2.75) is 6.92 Å². The highest BCUT2D eigenvalue weighted by molar-refractivity contribution is 9.10. The minimum atomic E-state index is 0.740. The second-order valence-corrected chi connectivity index (χ2v) is 4.45. The average Bonchev–Trinajstić information content (AvgIpc) is 2.38. The summed E-state index contributed by atoms with van der Waals surface area (Å²) in [5.74, 6) is 0.740. The van der Waals surface area contributed by atoms with Crippen molar-refractivity contribution < 1.29 is 0 Å².